The lowest BCUT2D eigenvalue weighted by molar-refractivity contribution is -0.134. The average molecular weight is 367 g/mol. The van der Waals surface area contributed by atoms with E-state index in [9.17, 15) is 9.59 Å². The molecule has 7 heteroatoms. The standard InChI is InChI=1S/C18H30N4O2S/c1-4-17-20-15(13-25-17)12-21-7-9-22(10-8-21)18(24)11-19-16(23)6-5-14(2)3/h13-14H,4-12H2,1-3H3,(H,19,23). The Morgan fingerprint density at radius 1 is 1.28 bits per heavy atom. The van der Waals surface area contributed by atoms with Gasteiger partial charge in [0.25, 0.3) is 0 Å². The third-order valence-corrected chi connectivity index (χ3v) is 5.44. The number of carbonyl (C=O) groups is 2. The Morgan fingerprint density at radius 3 is 2.60 bits per heavy atom. The summed E-state index contributed by atoms with van der Waals surface area (Å²) in [5.74, 6) is 0.482. The first-order chi connectivity index (χ1) is 12.0. The third-order valence-electron chi connectivity index (χ3n) is 4.40. The van der Waals surface area contributed by atoms with Gasteiger partial charge in [-0.25, -0.2) is 4.98 Å². The molecule has 1 N–H and O–H groups in total. The van der Waals surface area contributed by atoms with Crippen molar-refractivity contribution in [3.05, 3.63) is 16.1 Å². The number of amides is 2. The van der Waals surface area contributed by atoms with Crippen LogP contribution in [0.15, 0.2) is 5.38 Å². The van der Waals surface area contributed by atoms with Gasteiger partial charge in [0.1, 0.15) is 0 Å². The van der Waals surface area contributed by atoms with Crippen LogP contribution in [0.4, 0.5) is 0 Å². The van der Waals surface area contributed by atoms with Crippen molar-refractivity contribution in [1.82, 2.24) is 20.1 Å². The molecule has 0 saturated carbocycles. The van der Waals surface area contributed by atoms with Crippen LogP contribution in [0.2, 0.25) is 0 Å². The predicted molar refractivity (Wildman–Crippen MR) is 100 cm³/mol. The summed E-state index contributed by atoms with van der Waals surface area (Å²) in [7, 11) is 0. The Balaban J connectivity index is 1.66. The molecule has 2 rings (SSSR count). The third kappa shape index (κ3) is 6.74. The lowest BCUT2D eigenvalue weighted by atomic mass is 10.1. The van der Waals surface area contributed by atoms with Crippen LogP contribution < -0.4 is 5.32 Å². The van der Waals surface area contributed by atoms with Crippen molar-refractivity contribution in [3.8, 4) is 0 Å². The summed E-state index contributed by atoms with van der Waals surface area (Å²) in [5, 5.41) is 6.05. The molecular formula is C18H30N4O2S. The normalized spacial score (nSPS) is 15.6. The van der Waals surface area contributed by atoms with E-state index < -0.39 is 0 Å². The number of nitrogens with one attached hydrogen (secondary N) is 1. The van der Waals surface area contributed by atoms with Gasteiger partial charge in [-0.1, -0.05) is 20.8 Å². The number of rotatable bonds is 8. The van der Waals surface area contributed by atoms with Crippen molar-refractivity contribution < 1.29 is 9.59 Å². The lowest BCUT2D eigenvalue weighted by Gasteiger charge is -2.34. The monoisotopic (exact) mass is 366 g/mol. The molecule has 2 amide bonds. The fourth-order valence-corrected chi connectivity index (χ4v) is 3.50. The zero-order valence-electron chi connectivity index (χ0n) is 15.6. The Morgan fingerprint density at radius 2 is 2.00 bits per heavy atom. The van der Waals surface area contributed by atoms with E-state index in [2.05, 4.69) is 41.4 Å². The zero-order chi connectivity index (χ0) is 18.2. The number of hydrogen-bond donors (Lipinski definition) is 1. The average Bonchev–Trinajstić information content (AvgIpc) is 3.06. The van der Waals surface area contributed by atoms with Crippen molar-refractivity contribution in [2.24, 2.45) is 5.92 Å². The first-order valence-corrected chi connectivity index (χ1v) is 10.1. The summed E-state index contributed by atoms with van der Waals surface area (Å²) in [5.41, 5.74) is 1.12. The fourth-order valence-electron chi connectivity index (χ4n) is 2.76. The summed E-state index contributed by atoms with van der Waals surface area (Å²) in [6, 6.07) is 0. The van der Waals surface area contributed by atoms with Crippen molar-refractivity contribution in [2.45, 2.75) is 46.6 Å². The van der Waals surface area contributed by atoms with E-state index in [0.29, 0.717) is 25.4 Å². The van der Waals surface area contributed by atoms with Gasteiger partial charge in [-0.3, -0.25) is 14.5 Å². The molecule has 2 heterocycles. The molecule has 6 nitrogen and oxygen atoms in total. The predicted octanol–water partition coefficient (Wildman–Crippen LogP) is 1.90. The van der Waals surface area contributed by atoms with E-state index in [1.165, 1.54) is 5.01 Å². The van der Waals surface area contributed by atoms with E-state index in [1.54, 1.807) is 11.3 Å². The summed E-state index contributed by atoms with van der Waals surface area (Å²) < 4.78 is 0. The van der Waals surface area contributed by atoms with Crippen molar-refractivity contribution in [3.63, 3.8) is 0 Å². The molecule has 1 aliphatic rings. The minimum absolute atomic E-state index is 0.0134. The van der Waals surface area contributed by atoms with Gasteiger partial charge in [-0.2, -0.15) is 0 Å². The van der Waals surface area contributed by atoms with Gasteiger partial charge in [0.15, 0.2) is 0 Å². The largest absolute Gasteiger partial charge is 0.347 e. The molecule has 1 aromatic heterocycles. The molecule has 25 heavy (non-hydrogen) atoms. The highest BCUT2D eigenvalue weighted by atomic mass is 32.1. The molecule has 140 valence electrons. The van der Waals surface area contributed by atoms with Gasteiger partial charge < -0.3 is 10.2 Å². The second kappa shape index (κ2) is 9.87. The van der Waals surface area contributed by atoms with Crippen molar-refractivity contribution in [2.75, 3.05) is 32.7 Å². The number of thiazole rings is 1. The van der Waals surface area contributed by atoms with Crippen LogP contribution in [-0.2, 0) is 22.6 Å². The van der Waals surface area contributed by atoms with Gasteiger partial charge in [-0.15, -0.1) is 11.3 Å². The number of piperazine rings is 1. The second-order valence-corrected chi connectivity index (χ2v) is 7.89. The maximum absolute atomic E-state index is 12.2. The number of aromatic nitrogens is 1. The van der Waals surface area contributed by atoms with Crippen LogP contribution in [0, 0.1) is 5.92 Å². The highest BCUT2D eigenvalue weighted by molar-refractivity contribution is 7.09. The zero-order valence-corrected chi connectivity index (χ0v) is 16.4. The highest BCUT2D eigenvalue weighted by Crippen LogP contribution is 2.13. The minimum Gasteiger partial charge on any atom is -0.347 e. The summed E-state index contributed by atoms with van der Waals surface area (Å²) in [6.45, 7) is 10.4. The minimum atomic E-state index is -0.0315. The van der Waals surface area contributed by atoms with E-state index >= 15 is 0 Å². The molecule has 0 unspecified atom stereocenters. The van der Waals surface area contributed by atoms with Crippen LogP contribution in [-0.4, -0.2) is 59.3 Å². The van der Waals surface area contributed by atoms with Gasteiger partial charge in [-0.05, 0) is 18.8 Å². The van der Waals surface area contributed by atoms with Crippen LogP contribution >= 0.6 is 11.3 Å². The van der Waals surface area contributed by atoms with Crippen LogP contribution in [0.5, 0.6) is 0 Å². The summed E-state index contributed by atoms with van der Waals surface area (Å²) >= 11 is 1.72. The van der Waals surface area contributed by atoms with Crippen LogP contribution in [0.3, 0.4) is 0 Å². The summed E-state index contributed by atoms with van der Waals surface area (Å²) in [6.07, 6.45) is 2.33. The number of aryl methyl sites for hydroxylation is 1. The first-order valence-electron chi connectivity index (χ1n) is 9.18. The Hall–Kier alpha value is -1.47. The molecule has 0 radical (unpaired) electrons. The second-order valence-electron chi connectivity index (χ2n) is 6.95. The van der Waals surface area contributed by atoms with Crippen LogP contribution in [0.1, 0.15) is 44.3 Å². The van der Waals surface area contributed by atoms with E-state index in [-0.39, 0.29) is 18.4 Å². The molecule has 0 atom stereocenters. The van der Waals surface area contributed by atoms with Crippen molar-refractivity contribution >= 4 is 23.2 Å². The highest BCUT2D eigenvalue weighted by Gasteiger charge is 2.21. The molecule has 0 aromatic carbocycles. The quantitative estimate of drug-likeness (QED) is 0.763. The van der Waals surface area contributed by atoms with Gasteiger partial charge in [0, 0.05) is 44.5 Å². The number of nitrogens with zero attached hydrogens (tertiary/aromatic N) is 3. The maximum atomic E-state index is 12.2. The topological polar surface area (TPSA) is 65.5 Å². The number of hydrogen-bond acceptors (Lipinski definition) is 5. The van der Waals surface area contributed by atoms with E-state index in [1.807, 2.05) is 4.90 Å². The summed E-state index contributed by atoms with van der Waals surface area (Å²) in [4.78, 5) is 32.7. The molecule has 0 spiro atoms. The Labute approximate surface area is 154 Å². The molecule has 0 bridgehead atoms. The van der Waals surface area contributed by atoms with E-state index in [4.69, 9.17) is 0 Å². The molecule has 1 aromatic rings. The molecule has 1 fully saturated rings. The van der Waals surface area contributed by atoms with Gasteiger partial charge >= 0.3 is 0 Å². The van der Waals surface area contributed by atoms with Crippen LogP contribution in [0.25, 0.3) is 0 Å². The molecule has 1 aliphatic heterocycles. The SMILES string of the molecule is CCc1nc(CN2CCN(C(=O)CNC(=O)CCC(C)C)CC2)cs1. The maximum Gasteiger partial charge on any atom is 0.242 e. The molecule has 0 aliphatic carbocycles. The fraction of sp³-hybridized carbons (Fsp3) is 0.722. The van der Waals surface area contributed by atoms with Gasteiger partial charge in [0.05, 0.1) is 17.2 Å². The van der Waals surface area contributed by atoms with E-state index in [0.717, 1.165) is 38.2 Å². The first kappa shape index (κ1) is 19.8. The smallest absolute Gasteiger partial charge is 0.242 e. The van der Waals surface area contributed by atoms with Gasteiger partial charge in [0.2, 0.25) is 11.8 Å². The lowest BCUT2D eigenvalue weighted by Crippen LogP contribution is -2.50. The molecule has 1 saturated heterocycles. The Bertz CT molecular complexity index is 565. The molecular weight excluding hydrogens is 336 g/mol. The Kier molecular flexibility index (Phi) is 7.84. The number of carbonyl (C=O) groups excluding carboxylic acids is 2. The van der Waals surface area contributed by atoms with Crippen molar-refractivity contribution in [1.29, 1.82) is 0 Å².